The molecule has 0 unspecified atom stereocenters. The second kappa shape index (κ2) is 7.96. The standard InChI is InChI=1S/C23H21N3O2/c1-28-18-13-11-17(12-14-18)23(27)26-21(15-16-7-3-2-4-8-16)22-24-19-9-5-6-10-20(19)25-22/h2-14,21H,15H2,1H3,(H,24,25)(H,26,27)/t21-/m0/s1. The molecule has 1 aromatic heterocycles. The number of imidazole rings is 1. The van der Waals surface area contributed by atoms with E-state index in [2.05, 4.69) is 22.4 Å². The third-order valence-electron chi connectivity index (χ3n) is 4.68. The minimum absolute atomic E-state index is 0.149. The monoisotopic (exact) mass is 371 g/mol. The molecule has 0 spiro atoms. The first-order chi connectivity index (χ1) is 13.7. The average Bonchev–Trinajstić information content (AvgIpc) is 3.18. The molecule has 4 aromatic rings. The molecule has 0 aliphatic rings. The van der Waals surface area contributed by atoms with E-state index < -0.39 is 0 Å². The maximum atomic E-state index is 12.8. The van der Waals surface area contributed by atoms with Crippen molar-refractivity contribution in [3.8, 4) is 5.75 Å². The summed E-state index contributed by atoms with van der Waals surface area (Å²) in [7, 11) is 1.60. The van der Waals surface area contributed by atoms with Gasteiger partial charge in [0.1, 0.15) is 11.6 Å². The topological polar surface area (TPSA) is 67.0 Å². The van der Waals surface area contributed by atoms with Crippen LogP contribution in [0.1, 0.15) is 27.8 Å². The summed E-state index contributed by atoms with van der Waals surface area (Å²) in [5.74, 6) is 1.31. The Morgan fingerprint density at radius 2 is 1.71 bits per heavy atom. The fraction of sp³-hybridized carbons (Fsp3) is 0.130. The molecule has 4 rings (SSSR count). The summed E-state index contributed by atoms with van der Waals surface area (Å²) < 4.78 is 5.17. The first-order valence-electron chi connectivity index (χ1n) is 9.16. The highest BCUT2D eigenvalue weighted by atomic mass is 16.5. The van der Waals surface area contributed by atoms with Gasteiger partial charge >= 0.3 is 0 Å². The summed E-state index contributed by atoms with van der Waals surface area (Å²) in [5.41, 5.74) is 3.54. The van der Waals surface area contributed by atoms with E-state index in [1.54, 1.807) is 31.4 Å². The van der Waals surface area contributed by atoms with Crippen LogP contribution in [-0.2, 0) is 6.42 Å². The molecular formula is C23H21N3O2. The van der Waals surface area contributed by atoms with Gasteiger partial charge in [0.2, 0.25) is 0 Å². The predicted molar refractivity (Wildman–Crippen MR) is 109 cm³/mol. The number of para-hydroxylation sites is 2. The van der Waals surface area contributed by atoms with Crippen molar-refractivity contribution in [2.45, 2.75) is 12.5 Å². The van der Waals surface area contributed by atoms with Crippen molar-refractivity contribution in [2.24, 2.45) is 0 Å². The lowest BCUT2D eigenvalue weighted by Gasteiger charge is -2.17. The Bertz CT molecular complexity index is 1040. The number of rotatable bonds is 6. The van der Waals surface area contributed by atoms with Gasteiger partial charge in [0.15, 0.2) is 0 Å². The van der Waals surface area contributed by atoms with Gasteiger partial charge in [0.05, 0.1) is 24.2 Å². The summed E-state index contributed by atoms with van der Waals surface area (Å²) in [6.45, 7) is 0. The number of H-pyrrole nitrogens is 1. The molecule has 5 heteroatoms. The zero-order valence-corrected chi connectivity index (χ0v) is 15.6. The van der Waals surface area contributed by atoms with Crippen molar-refractivity contribution in [1.82, 2.24) is 15.3 Å². The van der Waals surface area contributed by atoms with Crippen molar-refractivity contribution in [3.05, 3.63) is 95.8 Å². The molecule has 0 radical (unpaired) electrons. The fourth-order valence-corrected chi connectivity index (χ4v) is 3.19. The van der Waals surface area contributed by atoms with E-state index in [0.717, 1.165) is 28.2 Å². The van der Waals surface area contributed by atoms with Crippen LogP contribution in [0, 0.1) is 0 Å². The third kappa shape index (κ3) is 3.88. The van der Waals surface area contributed by atoms with E-state index >= 15 is 0 Å². The Hall–Kier alpha value is -3.60. The summed E-state index contributed by atoms with van der Waals surface area (Å²) >= 11 is 0. The first-order valence-corrected chi connectivity index (χ1v) is 9.16. The van der Waals surface area contributed by atoms with Gasteiger partial charge < -0.3 is 15.0 Å². The van der Waals surface area contributed by atoms with Crippen molar-refractivity contribution in [2.75, 3.05) is 7.11 Å². The van der Waals surface area contributed by atoms with Gasteiger partial charge in [0.25, 0.3) is 5.91 Å². The van der Waals surface area contributed by atoms with Gasteiger partial charge in [-0.3, -0.25) is 4.79 Å². The lowest BCUT2D eigenvalue weighted by Crippen LogP contribution is -2.30. The molecule has 1 amide bonds. The second-order valence-corrected chi connectivity index (χ2v) is 6.58. The van der Waals surface area contributed by atoms with Gasteiger partial charge in [-0.1, -0.05) is 42.5 Å². The average molecular weight is 371 g/mol. The normalized spacial score (nSPS) is 11.9. The highest BCUT2D eigenvalue weighted by Gasteiger charge is 2.20. The largest absolute Gasteiger partial charge is 0.497 e. The number of nitrogens with one attached hydrogen (secondary N) is 2. The number of ether oxygens (including phenoxy) is 1. The maximum absolute atomic E-state index is 12.8. The molecule has 1 heterocycles. The third-order valence-corrected chi connectivity index (χ3v) is 4.68. The summed E-state index contributed by atoms with van der Waals surface area (Å²) in [4.78, 5) is 20.9. The number of carbonyl (C=O) groups excluding carboxylic acids is 1. The van der Waals surface area contributed by atoms with Crippen molar-refractivity contribution < 1.29 is 9.53 Å². The molecular weight excluding hydrogens is 350 g/mol. The lowest BCUT2D eigenvalue weighted by molar-refractivity contribution is 0.0935. The van der Waals surface area contributed by atoms with Crippen LogP contribution in [0.15, 0.2) is 78.9 Å². The van der Waals surface area contributed by atoms with Crippen LogP contribution in [-0.4, -0.2) is 23.0 Å². The number of hydrogen-bond donors (Lipinski definition) is 2. The molecule has 0 saturated carbocycles. The highest BCUT2D eigenvalue weighted by molar-refractivity contribution is 5.94. The van der Waals surface area contributed by atoms with Gasteiger partial charge in [-0.2, -0.15) is 0 Å². The van der Waals surface area contributed by atoms with E-state index in [1.165, 1.54) is 0 Å². The summed E-state index contributed by atoms with van der Waals surface area (Å²) in [5, 5.41) is 3.12. The van der Waals surface area contributed by atoms with Crippen LogP contribution >= 0.6 is 0 Å². The van der Waals surface area contributed by atoms with Crippen LogP contribution in [0.3, 0.4) is 0 Å². The summed E-state index contributed by atoms with van der Waals surface area (Å²) in [6, 6.07) is 24.7. The Morgan fingerprint density at radius 3 is 2.43 bits per heavy atom. The SMILES string of the molecule is COc1ccc(C(=O)N[C@@H](Cc2ccccc2)c2nc3ccccc3[nH]2)cc1. The van der Waals surface area contributed by atoms with Gasteiger partial charge in [-0.25, -0.2) is 4.98 Å². The van der Waals surface area contributed by atoms with E-state index in [9.17, 15) is 4.79 Å². The Labute approximate surface area is 163 Å². The molecule has 0 saturated heterocycles. The van der Waals surface area contributed by atoms with Crippen LogP contribution in [0.5, 0.6) is 5.75 Å². The number of aromatic nitrogens is 2. The van der Waals surface area contributed by atoms with E-state index in [-0.39, 0.29) is 11.9 Å². The molecule has 140 valence electrons. The number of amides is 1. The van der Waals surface area contributed by atoms with Crippen molar-refractivity contribution >= 4 is 16.9 Å². The lowest BCUT2D eigenvalue weighted by atomic mass is 10.0. The van der Waals surface area contributed by atoms with Crippen LogP contribution in [0.2, 0.25) is 0 Å². The fourth-order valence-electron chi connectivity index (χ4n) is 3.19. The molecule has 1 atom stereocenters. The predicted octanol–water partition coefficient (Wildman–Crippen LogP) is 4.29. The van der Waals surface area contributed by atoms with Crippen LogP contribution < -0.4 is 10.1 Å². The van der Waals surface area contributed by atoms with Gasteiger partial charge in [-0.15, -0.1) is 0 Å². The quantitative estimate of drug-likeness (QED) is 0.531. The van der Waals surface area contributed by atoms with E-state index in [4.69, 9.17) is 9.72 Å². The molecule has 2 N–H and O–H groups in total. The number of carbonyl (C=O) groups is 1. The van der Waals surface area contributed by atoms with Crippen LogP contribution in [0.25, 0.3) is 11.0 Å². The molecule has 5 nitrogen and oxygen atoms in total. The minimum atomic E-state index is -0.274. The first kappa shape index (κ1) is 17.8. The van der Waals surface area contributed by atoms with E-state index in [1.807, 2.05) is 42.5 Å². The zero-order chi connectivity index (χ0) is 19.3. The van der Waals surface area contributed by atoms with Crippen LogP contribution in [0.4, 0.5) is 0 Å². The Kier molecular flexibility index (Phi) is 5.06. The van der Waals surface area contributed by atoms with Gasteiger partial charge in [-0.05, 0) is 48.4 Å². The molecule has 3 aromatic carbocycles. The second-order valence-electron chi connectivity index (χ2n) is 6.58. The number of fused-ring (bicyclic) bond motifs is 1. The Balaban J connectivity index is 1.62. The maximum Gasteiger partial charge on any atom is 0.251 e. The highest BCUT2D eigenvalue weighted by Crippen LogP contribution is 2.21. The number of aromatic amines is 1. The molecule has 0 aliphatic heterocycles. The van der Waals surface area contributed by atoms with Crippen molar-refractivity contribution in [3.63, 3.8) is 0 Å². The number of hydrogen-bond acceptors (Lipinski definition) is 3. The Morgan fingerprint density at radius 1 is 1.00 bits per heavy atom. The smallest absolute Gasteiger partial charge is 0.251 e. The number of methoxy groups -OCH3 is 1. The molecule has 0 bridgehead atoms. The van der Waals surface area contributed by atoms with Gasteiger partial charge in [0, 0.05) is 5.56 Å². The van der Waals surface area contributed by atoms with Crippen molar-refractivity contribution in [1.29, 1.82) is 0 Å². The zero-order valence-electron chi connectivity index (χ0n) is 15.6. The number of nitrogens with zero attached hydrogens (tertiary/aromatic N) is 1. The van der Waals surface area contributed by atoms with E-state index in [0.29, 0.717) is 12.0 Å². The molecule has 28 heavy (non-hydrogen) atoms. The minimum Gasteiger partial charge on any atom is -0.497 e. The molecule has 0 fully saturated rings. The molecule has 0 aliphatic carbocycles. The number of benzene rings is 3. The summed E-state index contributed by atoms with van der Waals surface area (Å²) in [6.07, 6.45) is 0.641.